The molecule has 0 saturated heterocycles. The molecule has 0 amide bonds. The quantitative estimate of drug-likeness (QED) is 0.774. The Labute approximate surface area is 140 Å². The van der Waals surface area contributed by atoms with Crippen molar-refractivity contribution in [2.45, 2.75) is 41.9 Å². The molecule has 1 fully saturated rings. The van der Waals surface area contributed by atoms with Crippen molar-refractivity contribution in [2.24, 2.45) is 0 Å². The average Bonchev–Trinajstić information content (AvgIpc) is 2.82. The predicted octanol–water partition coefficient (Wildman–Crippen LogP) is 3.16. The number of sulfonamides is 1. The number of nitrogens with one attached hydrogen (secondary N) is 1. The Balaban J connectivity index is 2.23. The lowest BCUT2D eigenvalue weighted by Crippen LogP contribution is -2.43. The van der Waals surface area contributed by atoms with Gasteiger partial charge in [-0.3, -0.25) is 0 Å². The van der Waals surface area contributed by atoms with Crippen molar-refractivity contribution in [1.29, 1.82) is 0 Å². The second-order valence-electron chi connectivity index (χ2n) is 4.84. The van der Waals surface area contributed by atoms with Crippen LogP contribution in [0, 0.1) is 0 Å². The van der Waals surface area contributed by atoms with Crippen molar-refractivity contribution in [3.8, 4) is 0 Å². The van der Waals surface area contributed by atoms with Crippen molar-refractivity contribution in [2.75, 3.05) is 6.26 Å². The number of aromatic carboxylic acids is 1. The maximum Gasteiger partial charge on any atom is 0.345 e. The smallest absolute Gasteiger partial charge is 0.345 e. The highest BCUT2D eigenvalue weighted by Gasteiger charge is 2.31. The summed E-state index contributed by atoms with van der Waals surface area (Å²) >= 11 is 5.73. The van der Waals surface area contributed by atoms with E-state index in [-0.39, 0.29) is 21.1 Å². The Morgan fingerprint density at radius 2 is 2.14 bits per heavy atom. The van der Waals surface area contributed by atoms with Gasteiger partial charge in [-0.25, -0.2) is 17.9 Å². The minimum absolute atomic E-state index is 0.00677. The normalized spacial score (nSPS) is 23.1. The van der Waals surface area contributed by atoms with Crippen molar-refractivity contribution in [3.05, 3.63) is 14.7 Å². The first-order valence-corrected chi connectivity index (χ1v) is 10.8. The summed E-state index contributed by atoms with van der Waals surface area (Å²) in [6, 6.07) is 1.11. The molecule has 1 aromatic rings. The minimum atomic E-state index is -3.71. The van der Waals surface area contributed by atoms with Crippen LogP contribution in [-0.4, -0.2) is 37.0 Å². The number of rotatable bonds is 5. The van der Waals surface area contributed by atoms with E-state index < -0.39 is 16.0 Å². The highest BCUT2D eigenvalue weighted by Crippen LogP contribution is 2.33. The molecule has 0 aromatic carbocycles. The summed E-state index contributed by atoms with van der Waals surface area (Å²) in [7, 11) is -3.71. The van der Waals surface area contributed by atoms with Crippen molar-refractivity contribution >= 4 is 55.0 Å². The van der Waals surface area contributed by atoms with Crippen LogP contribution in [0.5, 0.6) is 0 Å². The fraction of sp³-hybridized carbons (Fsp3) is 0.583. The van der Waals surface area contributed by atoms with Crippen molar-refractivity contribution < 1.29 is 18.3 Å². The molecule has 0 bridgehead atoms. The van der Waals surface area contributed by atoms with Crippen LogP contribution in [0.1, 0.15) is 35.4 Å². The Hall–Kier alpha value is -0.0900. The van der Waals surface area contributed by atoms with Gasteiger partial charge in [0.05, 0.1) is 3.79 Å². The third-order valence-corrected chi connectivity index (χ3v) is 8.37. The first-order valence-electron chi connectivity index (χ1n) is 6.43. The number of halogens is 1. The minimum Gasteiger partial charge on any atom is -0.477 e. The summed E-state index contributed by atoms with van der Waals surface area (Å²) in [5.41, 5.74) is 0. The molecular weight excluding hydrogens is 398 g/mol. The van der Waals surface area contributed by atoms with Gasteiger partial charge in [0.2, 0.25) is 10.0 Å². The summed E-state index contributed by atoms with van der Waals surface area (Å²) in [6.45, 7) is 0. The first kappa shape index (κ1) is 17.3. The van der Waals surface area contributed by atoms with Crippen LogP contribution in [0.25, 0.3) is 0 Å². The zero-order valence-corrected chi connectivity index (χ0v) is 15.4. The van der Waals surface area contributed by atoms with Crippen molar-refractivity contribution in [1.82, 2.24) is 4.72 Å². The third kappa shape index (κ3) is 4.01. The van der Waals surface area contributed by atoms with Gasteiger partial charge in [-0.2, -0.15) is 11.8 Å². The Morgan fingerprint density at radius 1 is 1.48 bits per heavy atom. The van der Waals surface area contributed by atoms with Gasteiger partial charge in [0.25, 0.3) is 0 Å². The highest BCUT2D eigenvalue weighted by molar-refractivity contribution is 9.11. The van der Waals surface area contributed by atoms with E-state index in [1.807, 2.05) is 6.26 Å². The average molecular weight is 414 g/mol. The zero-order valence-electron chi connectivity index (χ0n) is 11.3. The fourth-order valence-corrected chi connectivity index (χ4v) is 7.15. The molecule has 1 heterocycles. The van der Waals surface area contributed by atoms with E-state index in [1.54, 1.807) is 11.8 Å². The number of hydrogen-bond donors (Lipinski definition) is 2. The van der Waals surface area contributed by atoms with Crippen LogP contribution in [0.3, 0.4) is 0 Å². The van der Waals surface area contributed by atoms with Crippen molar-refractivity contribution in [3.63, 3.8) is 0 Å². The van der Waals surface area contributed by atoms with E-state index in [0.717, 1.165) is 37.0 Å². The Bertz CT molecular complexity index is 628. The van der Waals surface area contributed by atoms with Gasteiger partial charge < -0.3 is 5.11 Å². The van der Waals surface area contributed by atoms with Crippen LogP contribution in [0.2, 0.25) is 0 Å². The molecule has 2 rings (SSSR count). The largest absolute Gasteiger partial charge is 0.477 e. The Morgan fingerprint density at radius 3 is 2.71 bits per heavy atom. The van der Waals surface area contributed by atoms with Gasteiger partial charge in [0.15, 0.2) is 0 Å². The molecule has 0 radical (unpaired) electrons. The van der Waals surface area contributed by atoms with Gasteiger partial charge in [-0.05, 0) is 41.1 Å². The van der Waals surface area contributed by atoms with E-state index in [9.17, 15) is 13.2 Å². The monoisotopic (exact) mass is 413 g/mol. The number of carboxylic acid groups (broad SMARTS) is 1. The fourth-order valence-electron chi connectivity index (χ4n) is 2.42. The third-order valence-electron chi connectivity index (χ3n) is 3.47. The lowest BCUT2D eigenvalue weighted by Gasteiger charge is -2.30. The van der Waals surface area contributed by atoms with Crippen LogP contribution in [0.4, 0.5) is 0 Å². The van der Waals surface area contributed by atoms with Crippen LogP contribution in [0.15, 0.2) is 14.7 Å². The lowest BCUT2D eigenvalue weighted by molar-refractivity contribution is 0.0702. The van der Waals surface area contributed by atoms with E-state index in [1.165, 1.54) is 6.07 Å². The van der Waals surface area contributed by atoms with E-state index in [0.29, 0.717) is 3.79 Å². The molecule has 0 aliphatic heterocycles. The van der Waals surface area contributed by atoms with E-state index in [4.69, 9.17) is 5.11 Å². The molecule has 1 saturated carbocycles. The summed E-state index contributed by atoms with van der Waals surface area (Å²) < 4.78 is 28.0. The van der Waals surface area contributed by atoms with Gasteiger partial charge >= 0.3 is 5.97 Å². The molecule has 2 N–H and O–H groups in total. The number of thiophene rings is 1. The topological polar surface area (TPSA) is 83.5 Å². The number of hydrogen-bond acceptors (Lipinski definition) is 5. The SMILES string of the molecule is CSC1CCCCC1NS(=O)(=O)c1cc(C(=O)O)sc1Br. The van der Waals surface area contributed by atoms with Crippen LogP contribution >= 0.6 is 39.0 Å². The number of thioether (sulfide) groups is 1. The molecule has 2 atom stereocenters. The number of carboxylic acids is 1. The molecule has 1 aliphatic rings. The van der Waals surface area contributed by atoms with Crippen LogP contribution in [-0.2, 0) is 10.0 Å². The lowest BCUT2D eigenvalue weighted by atomic mass is 9.96. The second kappa shape index (κ2) is 6.99. The maximum absolute atomic E-state index is 12.5. The maximum atomic E-state index is 12.5. The van der Waals surface area contributed by atoms with E-state index >= 15 is 0 Å². The molecule has 9 heteroatoms. The summed E-state index contributed by atoms with van der Waals surface area (Å²) in [5.74, 6) is -1.12. The predicted molar refractivity (Wildman–Crippen MR) is 88.9 cm³/mol. The van der Waals surface area contributed by atoms with Gasteiger partial charge in [-0.1, -0.05) is 12.8 Å². The summed E-state index contributed by atoms with van der Waals surface area (Å²) in [4.78, 5) is 11.0. The van der Waals surface area contributed by atoms with E-state index in [2.05, 4.69) is 20.7 Å². The molecule has 118 valence electrons. The molecule has 21 heavy (non-hydrogen) atoms. The highest BCUT2D eigenvalue weighted by atomic mass is 79.9. The summed E-state index contributed by atoms with van der Waals surface area (Å²) in [6.07, 6.45) is 5.93. The molecule has 5 nitrogen and oxygen atoms in total. The molecule has 1 aromatic heterocycles. The standard InChI is InChI=1S/C12H16BrNO4S3/c1-19-8-5-3-2-4-7(8)14-21(17,18)10-6-9(12(15)16)20-11(10)13/h6-8,14H,2-5H2,1H3,(H,15,16). The number of carbonyl (C=O) groups is 1. The first-order chi connectivity index (χ1) is 9.85. The molecule has 1 aliphatic carbocycles. The van der Waals surface area contributed by atoms with Crippen LogP contribution < -0.4 is 4.72 Å². The second-order valence-corrected chi connectivity index (χ2v) is 9.97. The summed E-state index contributed by atoms with van der Waals surface area (Å²) in [5, 5.41) is 9.23. The van der Waals surface area contributed by atoms with Gasteiger partial charge in [0, 0.05) is 11.3 Å². The molecular formula is C12H16BrNO4S3. The van der Waals surface area contributed by atoms with Gasteiger partial charge in [0.1, 0.15) is 9.77 Å². The van der Waals surface area contributed by atoms with Gasteiger partial charge in [-0.15, -0.1) is 11.3 Å². The zero-order chi connectivity index (χ0) is 15.6. The molecule has 2 unspecified atom stereocenters. The molecule has 0 spiro atoms. The Kier molecular flexibility index (Phi) is 5.75.